The van der Waals surface area contributed by atoms with E-state index in [9.17, 15) is 4.39 Å². The summed E-state index contributed by atoms with van der Waals surface area (Å²) < 4.78 is 14.8. The van der Waals surface area contributed by atoms with Crippen LogP contribution in [-0.2, 0) is 0 Å². The molecule has 0 spiro atoms. The Morgan fingerprint density at radius 1 is 1.26 bits per heavy atom. The predicted molar refractivity (Wildman–Crippen MR) is 83.2 cm³/mol. The molecule has 3 nitrogen and oxygen atoms in total. The number of aryl methyl sites for hydroxylation is 1. The highest BCUT2D eigenvalue weighted by atomic mass is 79.9. The van der Waals surface area contributed by atoms with Crippen LogP contribution >= 0.6 is 31.9 Å². The van der Waals surface area contributed by atoms with Gasteiger partial charge in [0.15, 0.2) is 0 Å². The lowest BCUT2D eigenvalue weighted by Gasteiger charge is -2.13. The molecule has 3 N–H and O–H groups in total. The number of halogens is 3. The molecule has 0 atom stereocenters. The summed E-state index contributed by atoms with van der Waals surface area (Å²) in [7, 11) is 0. The highest BCUT2D eigenvalue weighted by Gasteiger charge is 2.10. The number of nitrogens with one attached hydrogen (secondary N) is 1. The first kappa shape index (κ1) is 14.3. The van der Waals surface area contributed by atoms with Crippen LogP contribution < -0.4 is 11.1 Å². The number of anilines is 3. The van der Waals surface area contributed by atoms with Crippen LogP contribution in [-0.4, -0.2) is 4.98 Å². The molecule has 0 aliphatic carbocycles. The zero-order valence-corrected chi connectivity index (χ0v) is 13.6. The first-order valence-corrected chi connectivity index (χ1v) is 7.12. The summed E-state index contributed by atoms with van der Waals surface area (Å²) in [6, 6.07) is 3.15. The molecule has 1 heterocycles. The number of nitrogens with two attached hydrogens (primary N) is 1. The van der Waals surface area contributed by atoms with E-state index < -0.39 is 0 Å². The molecule has 0 saturated carbocycles. The van der Waals surface area contributed by atoms with Gasteiger partial charge in [0, 0.05) is 5.69 Å². The molecule has 100 valence electrons. The third-order valence-electron chi connectivity index (χ3n) is 2.82. The Morgan fingerprint density at radius 3 is 2.63 bits per heavy atom. The summed E-state index contributed by atoms with van der Waals surface area (Å²) >= 11 is 6.60. The summed E-state index contributed by atoms with van der Waals surface area (Å²) in [6.07, 6.45) is 1.58. The molecule has 0 saturated heterocycles. The molecule has 1 aromatic carbocycles. The summed E-state index contributed by atoms with van der Waals surface area (Å²) in [5.41, 5.74) is 8.85. The maximum atomic E-state index is 13.6. The maximum absolute atomic E-state index is 13.6. The van der Waals surface area contributed by atoms with Gasteiger partial charge in [-0.3, -0.25) is 0 Å². The average Bonchev–Trinajstić information content (AvgIpc) is 2.36. The van der Waals surface area contributed by atoms with Crippen LogP contribution in [0.15, 0.2) is 27.3 Å². The zero-order chi connectivity index (χ0) is 14.2. The van der Waals surface area contributed by atoms with Crippen LogP contribution in [0.3, 0.4) is 0 Å². The van der Waals surface area contributed by atoms with Crippen LogP contribution in [0.4, 0.5) is 21.6 Å². The van der Waals surface area contributed by atoms with Crippen molar-refractivity contribution >= 4 is 49.1 Å². The van der Waals surface area contributed by atoms with Crippen molar-refractivity contribution < 1.29 is 4.39 Å². The van der Waals surface area contributed by atoms with Crippen molar-refractivity contribution in [1.29, 1.82) is 0 Å². The van der Waals surface area contributed by atoms with Gasteiger partial charge in [0.05, 0.1) is 20.8 Å². The van der Waals surface area contributed by atoms with Gasteiger partial charge in [-0.05, 0) is 69.0 Å². The number of hydrogen-bond donors (Lipinski definition) is 2. The fraction of sp³-hybridized carbons (Fsp3) is 0.154. The molecule has 2 aromatic rings. The first-order chi connectivity index (χ1) is 8.90. The smallest absolute Gasteiger partial charge is 0.145 e. The Balaban J connectivity index is 2.42. The third kappa shape index (κ3) is 2.90. The number of nitrogen functional groups attached to an aromatic ring is 1. The second-order valence-corrected chi connectivity index (χ2v) is 5.85. The van der Waals surface area contributed by atoms with Gasteiger partial charge in [-0.15, -0.1) is 0 Å². The van der Waals surface area contributed by atoms with Crippen molar-refractivity contribution in [3.63, 3.8) is 0 Å². The van der Waals surface area contributed by atoms with Crippen LogP contribution in [0.5, 0.6) is 0 Å². The van der Waals surface area contributed by atoms with Gasteiger partial charge in [0.2, 0.25) is 0 Å². The van der Waals surface area contributed by atoms with Gasteiger partial charge in [-0.25, -0.2) is 9.37 Å². The fourth-order valence-electron chi connectivity index (χ4n) is 1.59. The van der Waals surface area contributed by atoms with Crippen LogP contribution in [0.2, 0.25) is 0 Å². The van der Waals surface area contributed by atoms with Crippen molar-refractivity contribution in [2.75, 3.05) is 11.1 Å². The fourth-order valence-corrected chi connectivity index (χ4v) is 2.48. The Kier molecular flexibility index (Phi) is 4.10. The van der Waals surface area contributed by atoms with E-state index in [-0.39, 0.29) is 5.82 Å². The Labute approximate surface area is 127 Å². The van der Waals surface area contributed by atoms with Crippen LogP contribution in [0.25, 0.3) is 0 Å². The van der Waals surface area contributed by atoms with Crippen LogP contribution in [0.1, 0.15) is 11.1 Å². The van der Waals surface area contributed by atoms with Gasteiger partial charge in [-0.2, -0.15) is 0 Å². The Bertz CT molecular complexity index is 644. The van der Waals surface area contributed by atoms with E-state index in [0.717, 1.165) is 15.6 Å². The van der Waals surface area contributed by atoms with Gasteiger partial charge in [0.1, 0.15) is 11.6 Å². The van der Waals surface area contributed by atoms with E-state index in [1.54, 1.807) is 12.3 Å². The highest BCUT2D eigenvalue weighted by molar-refractivity contribution is 9.11. The topological polar surface area (TPSA) is 50.9 Å². The number of benzene rings is 1. The quantitative estimate of drug-likeness (QED) is 0.784. The highest BCUT2D eigenvalue weighted by Crippen LogP contribution is 2.32. The number of rotatable bonds is 2. The van der Waals surface area contributed by atoms with Gasteiger partial charge < -0.3 is 11.1 Å². The minimum Gasteiger partial charge on any atom is -0.397 e. The average molecular weight is 389 g/mol. The van der Waals surface area contributed by atoms with Crippen molar-refractivity contribution in [3.05, 3.63) is 44.2 Å². The monoisotopic (exact) mass is 387 g/mol. The van der Waals surface area contributed by atoms with Crippen molar-refractivity contribution in [3.8, 4) is 0 Å². The standard InChI is InChI=1S/C13H12Br2FN3/c1-6-3-8(14)9(16)4-11(6)19-13-12(15)7(2)10(17)5-18-13/h3-5H,17H2,1-2H3,(H,18,19). The molecular formula is C13H12Br2FN3. The van der Waals surface area contributed by atoms with E-state index in [1.165, 1.54) is 6.07 Å². The van der Waals surface area contributed by atoms with Crippen molar-refractivity contribution in [1.82, 2.24) is 4.98 Å². The van der Waals surface area contributed by atoms with Crippen molar-refractivity contribution in [2.45, 2.75) is 13.8 Å². The number of pyridine rings is 1. The third-order valence-corrected chi connectivity index (χ3v) is 4.40. The molecule has 0 bridgehead atoms. The molecule has 0 aliphatic rings. The summed E-state index contributed by atoms with van der Waals surface area (Å²) in [5, 5.41) is 3.10. The van der Waals surface area contributed by atoms with Crippen molar-refractivity contribution in [2.24, 2.45) is 0 Å². The van der Waals surface area contributed by atoms with Gasteiger partial charge in [0.25, 0.3) is 0 Å². The minimum absolute atomic E-state index is 0.323. The number of nitrogens with zero attached hydrogens (tertiary/aromatic N) is 1. The summed E-state index contributed by atoms with van der Waals surface area (Å²) in [4.78, 5) is 4.21. The maximum Gasteiger partial charge on any atom is 0.145 e. The van der Waals surface area contributed by atoms with E-state index in [1.807, 2.05) is 13.8 Å². The second kappa shape index (κ2) is 5.46. The number of aromatic nitrogens is 1. The molecule has 1 aromatic heterocycles. The Hall–Kier alpha value is -1.14. The van der Waals surface area contributed by atoms with E-state index >= 15 is 0 Å². The number of hydrogen-bond acceptors (Lipinski definition) is 3. The SMILES string of the molecule is Cc1cc(Br)c(F)cc1Nc1ncc(N)c(C)c1Br. The normalized spacial score (nSPS) is 10.6. The minimum atomic E-state index is -0.323. The molecule has 0 aliphatic heterocycles. The van der Waals surface area contributed by atoms with E-state index in [4.69, 9.17) is 5.73 Å². The van der Waals surface area contributed by atoms with Gasteiger partial charge in [-0.1, -0.05) is 0 Å². The molecule has 6 heteroatoms. The lowest BCUT2D eigenvalue weighted by atomic mass is 10.2. The largest absolute Gasteiger partial charge is 0.397 e. The zero-order valence-electron chi connectivity index (χ0n) is 10.4. The molecule has 19 heavy (non-hydrogen) atoms. The second-order valence-electron chi connectivity index (χ2n) is 4.21. The molecule has 0 radical (unpaired) electrons. The molecule has 0 fully saturated rings. The molecular weight excluding hydrogens is 377 g/mol. The lowest BCUT2D eigenvalue weighted by molar-refractivity contribution is 0.621. The van der Waals surface area contributed by atoms with E-state index in [0.29, 0.717) is 21.7 Å². The van der Waals surface area contributed by atoms with Crippen LogP contribution in [0, 0.1) is 19.7 Å². The summed E-state index contributed by atoms with van der Waals surface area (Å²) in [5.74, 6) is 0.285. The molecule has 0 amide bonds. The van der Waals surface area contributed by atoms with E-state index in [2.05, 4.69) is 42.2 Å². The first-order valence-electron chi connectivity index (χ1n) is 5.53. The Morgan fingerprint density at radius 2 is 1.95 bits per heavy atom. The lowest BCUT2D eigenvalue weighted by Crippen LogP contribution is -2.01. The molecule has 2 rings (SSSR count). The van der Waals surface area contributed by atoms with Gasteiger partial charge >= 0.3 is 0 Å². The predicted octanol–water partition coefficient (Wildman–Crippen LogP) is 4.69. The molecule has 0 unspecified atom stereocenters. The summed E-state index contributed by atoms with van der Waals surface area (Å²) in [6.45, 7) is 3.78.